The molecule has 0 atom stereocenters. The average molecular weight is 412 g/mol. The molecule has 3 aliphatic heterocycles. The van der Waals surface area contributed by atoms with E-state index < -0.39 is 15.8 Å². The number of amides is 1. The molecule has 0 aliphatic carbocycles. The monoisotopic (exact) mass is 411 g/mol. The van der Waals surface area contributed by atoms with Gasteiger partial charge in [0.1, 0.15) is 10.6 Å². The molecule has 0 unspecified atom stereocenters. The topological polar surface area (TPSA) is 81.1 Å². The molecule has 3 aliphatic rings. The zero-order valence-corrected chi connectivity index (χ0v) is 17.5. The summed E-state index contributed by atoms with van der Waals surface area (Å²) in [6.07, 6.45) is 4.19. The number of likely N-dealkylation sites (tertiary alicyclic amines) is 1. The van der Waals surface area contributed by atoms with Crippen LogP contribution in [0.1, 0.15) is 48.3 Å². The first-order chi connectivity index (χ1) is 13.3. The quantitative estimate of drug-likeness (QED) is 0.753. The summed E-state index contributed by atoms with van der Waals surface area (Å²) in [5.41, 5.74) is 1.03. The molecule has 0 N–H and O–H groups in total. The number of hydrogen-bond donors (Lipinski definition) is 0. The number of piperidine rings is 2. The lowest BCUT2D eigenvalue weighted by Crippen LogP contribution is -2.47. The molecule has 3 fully saturated rings. The van der Waals surface area contributed by atoms with E-state index in [1.54, 1.807) is 24.6 Å². The highest BCUT2D eigenvalue weighted by molar-refractivity contribution is 7.89. The van der Waals surface area contributed by atoms with Gasteiger partial charge in [-0.05, 0) is 32.3 Å². The Hall–Kier alpha value is -1.42. The van der Waals surface area contributed by atoms with Crippen LogP contribution in [-0.2, 0) is 26.5 Å². The summed E-state index contributed by atoms with van der Waals surface area (Å²) in [5, 5.41) is 0. The van der Waals surface area contributed by atoms with Gasteiger partial charge < -0.3 is 18.9 Å². The minimum Gasteiger partial charge on any atom is -0.347 e. The van der Waals surface area contributed by atoms with E-state index in [2.05, 4.69) is 0 Å². The molecule has 156 valence electrons. The Balaban J connectivity index is 1.55. The zero-order valence-electron chi connectivity index (χ0n) is 16.6. The summed E-state index contributed by atoms with van der Waals surface area (Å²) in [5.74, 6) is -0.704. The van der Waals surface area contributed by atoms with Crippen molar-refractivity contribution >= 4 is 15.9 Å². The summed E-state index contributed by atoms with van der Waals surface area (Å²) < 4.78 is 41.1. The number of rotatable bonds is 3. The Kier molecular flexibility index (Phi) is 5.28. The molecule has 3 saturated heterocycles. The highest BCUT2D eigenvalue weighted by atomic mass is 32.2. The molecule has 0 saturated carbocycles. The van der Waals surface area contributed by atoms with Gasteiger partial charge in [-0.3, -0.25) is 4.79 Å². The SMILES string of the molecule is Cc1c(S(=O)(=O)N2CCC3(CC2)OCCO3)cc(C(=O)N2CCCCC2)n1C. The van der Waals surface area contributed by atoms with Gasteiger partial charge in [-0.25, -0.2) is 8.42 Å². The van der Waals surface area contributed by atoms with Crippen molar-refractivity contribution < 1.29 is 22.7 Å². The minimum atomic E-state index is -3.67. The van der Waals surface area contributed by atoms with Gasteiger partial charge in [-0.2, -0.15) is 4.31 Å². The van der Waals surface area contributed by atoms with E-state index >= 15 is 0 Å². The van der Waals surface area contributed by atoms with Crippen molar-refractivity contribution in [1.82, 2.24) is 13.8 Å². The number of aromatic nitrogens is 1. The second-order valence-electron chi connectivity index (χ2n) is 7.90. The van der Waals surface area contributed by atoms with Crippen LogP contribution in [0.15, 0.2) is 11.0 Å². The van der Waals surface area contributed by atoms with Crippen LogP contribution in [0.5, 0.6) is 0 Å². The molecule has 1 aromatic rings. The predicted octanol–water partition coefficient (Wildman–Crippen LogP) is 1.49. The molecule has 1 aromatic heterocycles. The standard InChI is InChI=1S/C19H29N3O5S/c1-15-17(14-16(20(15)2)18(23)21-8-4-3-5-9-21)28(24,25)22-10-6-19(7-11-22)26-12-13-27-19/h14H,3-13H2,1-2H3. The maximum atomic E-state index is 13.3. The van der Waals surface area contributed by atoms with Gasteiger partial charge in [-0.1, -0.05) is 0 Å². The lowest BCUT2D eigenvalue weighted by Gasteiger charge is -2.36. The predicted molar refractivity (Wildman–Crippen MR) is 103 cm³/mol. The van der Waals surface area contributed by atoms with Gasteiger partial charge in [-0.15, -0.1) is 0 Å². The zero-order chi connectivity index (χ0) is 19.9. The Labute approximate surface area is 166 Å². The first kappa shape index (κ1) is 19.9. The van der Waals surface area contributed by atoms with Crippen molar-refractivity contribution in [1.29, 1.82) is 0 Å². The van der Waals surface area contributed by atoms with E-state index in [1.807, 2.05) is 4.90 Å². The number of ether oxygens (including phenoxy) is 2. The van der Waals surface area contributed by atoms with Crippen LogP contribution in [0.25, 0.3) is 0 Å². The lowest BCUT2D eigenvalue weighted by atomic mass is 10.1. The van der Waals surface area contributed by atoms with Gasteiger partial charge >= 0.3 is 0 Å². The van der Waals surface area contributed by atoms with Crippen LogP contribution in [0.2, 0.25) is 0 Å². The third kappa shape index (κ3) is 3.38. The maximum absolute atomic E-state index is 13.3. The highest BCUT2D eigenvalue weighted by Crippen LogP contribution is 2.34. The van der Waals surface area contributed by atoms with Crippen LogP contribution in [0.3, 0.4) is 0 Å². The molecule has 9 heteroatoms. The summed E-state index contributed by atoms with van der Waals surface area (Å²) in [6.45, 7) is 5.06. The van der Waals surface area contributed by atoms with Gasteiger partial charge in [0.2, 0.25) is 10.0 Å². The molecule has 0 radical (unpaired) electrons. The Morgan fingerprint density at radius 1 is 1.04 bits per heavy atom. The van der Waals surface area contributed by atoms with Gasteiger partial charge in [0.15, 0.2) is 5.79 Å². The van der Waals surface area contributed by atoms with Gasteiger partial charge in [0, 0.05) is 51.8 Å². The van der Waals surface area contributed by atoms with Crippen molar-refractivity contribution in [3.63, 3.8) is 0 Å². The molecule has 1 spiro atoms. The van der Waals surface area contributed by atoms with Crippen LogP contribution in [-0.4, -0.2) is 73.3 Å². The third-order valence-corrected chi connectivity index (χ3v) is 8.28. The molecular weight excluding hydrogens is 382 g/mol. The van der Waals surface area contributed by atoms with E-state index in [9.17, 15) is 13.2 Å². The van der Waals surface area contributed by atoms with Crippen molar-refractivity contribution in [3.05, 3.63) is 17.5 Å². The molecule has 8 nitrogen and oxygen atoms in total. The fourth-order valence-electron chi connectivity index (χ4n) is 4.39. The van der Waals surface area contributed by atoms with Crippen LogP contribution < -0.4 is 0 Å². The van der Waals surface area contributed by atoms with Crippen molar-refractivity contribution in [3.8, 4) is 0 Å². The smallest absolute Gasteiger partial charge is 0.270 e. The van der Waals surface area contributed by atoms with E-state index in [1.165, 1.54) is 4.31 Å². The molecule has 0 bridgehead atoms. The van der Waals surface area contributed by atoms with Crippen LogP contribution in [0, 0.1) is 6.92 Å². The molecule has 1 amide bonds. The maximum Gasteiger partial charge on any atom is 0.270 e. The summed E-state index contributed by atoms with van der Waals surface area (Å²) >= 11 is 0. The summed E-state index contributed by atoms with van der Waals surface area (Å²) in [7, 11) is -1.91. The normalized spacial score (nSPS) is 23.4. The largest absolute Gasteiger partial charge is 0.347 e. The second kappa shape index (κ2) is 7.44. The van der Waals surface area contributed by atoms with Gasteiger partial charge in [0.05, 0.1) is 13.2 Å². The van der Waals surface area contributed by atoms with E-state index in [0.717, 1.165) is 32.4 Å². The first-order valence-electron chi connectivity index (χ1n) is 10.1. The van der Waals surface area contributed by atoms with E-state index in [0.29, 0.717) is 50.5 Å². The number of carbonyl (C=O) groups is 1. The van der Waals surface area contributed by atoms with E-state index in [-0.39, 0.29) is 10.8 Å². The number of hydrogen-bond acceptors (Lipinski definition) is 5. The van der Waals surface area contributed by atoms with E-state index in [4.69, 9.17) is 9.47 Å². The number of carbonyl (C=O) groups excluding carboxylic acids is 1. The highest BCUT2D eigenvalue weighted by Gasteiger charge is 2.43. The van der Waals surface area contributed by atoms with Crippen LogP contribution >= 0.6 is 0 Å². The third-order valence-electron chi connectivity index (χ3n) is 6.27. The average Bonchev–Trinajstić information content (AvgIpc) is 3.28. The molecule has 28 heavy (non-hydrogen) atoms. The Morgan fingerprint density at radius 2 is 1.64 bits per heavy atom. The molecular formula is C19H29N3O5S. The fourth-order valence-corrected chi connectivity index (χ4v) is 6.10. The minimum absolute atomic E-state index is 0.0860. The number of nitrogens with zero attached hydrogens (tertiary/aromatic N) is 3. The molecule has 0 aromatic carbocycles. The Bertz CT molecular complexity index is 841. The van der Waals surface area contributed by atoms with Crippen molar-refractivity contribution in [2.45, 2.75) is 49.7 Å². The fraction of sp³-hybridized carbons (Fsp3) is 0.737. The summed E-state index contributed by atoms with van der Waals surface area (Å²) in [4.78, 5) is 15.0. The van der Waals surface area contributed by atoms with Crippen LogP contribution in [0.4, 0.5) is 0 Å². The summed E-state index contributed by atoms with van der Waals surface area (Å²) in [6, 6.07) is 1.55. The Morgan fingerprint density at radius 3 is 2.25 bits per heavy atom. The molecule has 4 heterocycles. The van der Waals surface area contributed by atoms with Gasteiger partial charge in [0.25, 0.3) is 5.91 Å². The van der Waals surface area contributed by atoms with Crippen molar-refractivity contribution in [2.75, 3.05) is 39.4 Å². The number of sulfonamides is 1. The first-order valence-corrected chi connectivity index (χ1v) is 11.5. The second-order valence-corrected chi connectivity index (χ2v) is 9.81. The lowest BCUT2D eigenvalue weighted by molar-refractivity contribution is -0.179. The molecule has 4 rings (SSSR count). The van der Waals surface area contributed by atoms with Crippen molar-refractivity contribution in [2.24, 2.45) is 7.05 Å².